The zero-order valence-electron chi connectivity index (χ0n) is 28.9. The maximum atomic E-state index is 14.4. The summed E-state index contributed by atoms with van der Waals surface area (Å²) in [7, 11) is 4.71. The zero-order valence-corrected chi connectivity index (χ0v) is 29.7. The maximum Gasteiger partial charge on any atom is 0.245 e. The van der Waals surface area contributed by atoms with Gasteiger partial charge >= 0.3 is 0 Å². The van der Waals surface area contributed by atoms with Crippen LogP contribution in [0.5, 0.6) is 17.2 Å². The number of aryl methyl sites for hydroxylation is 1. The lowest BCUT2D eigenvalue weighted by atomic mass is 9.95. The molecule has 10 nitrogen and oxygen atoms in total. The molecule has 0 bridgehead atoms. The molecule has 2 heterocycles. The Balaban J connectivity index is 1.42. The highest BCUT2D eigenvalue weighted by Gasteiger charge is 2.38. The van der Waals surface area contributed by atoms with Crippen LogP contribution in [0, 0.1) is 5.92 Å². The number of aromatic nitrogens is 1. The van der Waals surface area contributed by atoms with Gasteiger partial charge in [0.15, 0.2) is 11.5 Å². The molecule has 2 amide bonds. The quantitative estimate of drug-likeness (QED) is 0.190. The number of methoxy groups -OCH3 is 3. The summed E-state index contributed by atoms with van der Waals surface area (Å²) < 4.78 is 18.4. The van der Waals surface area contributed by atoms with Crippen molar-refractivity contribution < 1.29 is 23.8 Å². The second-order valence-electron chi connectivity index (χ2n) is 12.8. The number of benzene rings is 2. The summed E-state index contributed by atoms with van der Waals surface area (Å²) in [4.78, 5) is 47.8. The highest BCUT2D eigenvalue weighted by atomic mass is 32.1. The topological polar surface area (TPSA) is 119 Å². The summed E-state index contributed by atoms with van der Waals surface area (Å²) in [5.41, 5.74) is 4.09. The number of thiazole rings is 1. The predicted octanol–water partition coefficient (Wildman–Crippen LogP) is 6.66. The van der Waals surface area contributed by atoms with Gasteiger partial charge in [-0.15, -0.1) is 11.3 Å². The fourth-order valence-corrected chi connectivity index (χ4v) is 8.29. The van der Waals surface area contributed by atoms with Gasteiger partial charge in [0.1, 0.15) is 11.0 Å². The van der Waals surface area contributed by atoms with E-state index in [9.17, 15) is 14.4 Å². The molecule has 2 aliphatic rings. The van der Waals surface area contributed by atoms with Crippen LogP contribution in [0.1, 0.15) is 74.7 Å². The number of carbonyl (C=O) groups excluding carboxylic acids is 2. The molecule has 49 heavy (non-hydrogen) atoms. The van der Waals surface area contributed by atoms with Gasteiger partial charge < -0.3 is 29.7 Å². The molecule has 1 saturated heterocycles. The van der Waals surface area contributed by atoms with Crippen LogP contribution in [0.4, 0.5) is 5.69 Å². The molecular formula is C38H44N4O6S. The van der Waals surface area contributed by atoms with Crippen LogP contribution in [0.15, 0.2) is 53.3 Å². The molecule has 4 atom stereocenters. The number of rotatable bonds is 10. The minimum absolute atomic E-state index is 0.0384. The number of amides is 2. The Kier molecular flexibility index (Phi) is 10.1. The third kappa shape index (κ3) is 6.56. The van der Waals surface area contributed by atoms with Gasteiger partial charge in [-0.25, -0.2) is 4.98 Å². The molecule has 0 spiro atoms. The van der Waals surface area contributed by atoms with E-state index in [1.54, 1.807) is 44.8 Å². The van der Waals surface area contributed by atoms with Gasteiger partial charge in [-0.2, -0.15) is 0 Å². The second kappa shape index (κ2) is 14.5. The van der Waals surface area contributed by atoms with Crippen LogP contribution < -0.4 is 30.3 Å². The van der Waals surface area contributed by atoms with Crippen molar-refractivity contribution in [2.45, 2.75) is 71.0 Å². The van der Waals surface area contributed by atoms with Crippen molar-refractivity contribution in [1.29, 1.82) is 0 Å². The lowest BCUT2D eigenvalue weighted by Gasteiger charge is -2.31. The number of nitrogens with one attached hydrogen (secondary N) is 2. The number of nitrogens with zero attached hydrogens (tertiary/aromatic N) is 2. The monoisotopic (exact) mass is 684 g/mol. The number of hydrogen-bond acceptors (Lipinski definition) is 9. The van der Waals surface area contributed by atoms with E-state index in [2.05, 4.69) is 23.6 Å². The first-order valence-electron chi connectivity index (χ1n) is 16.9. The molecule has 1 aliphatic carbocycles. The third-order valence-electron chi connectivity index (χ3n) is 9.84. The van der Waals surface area contributed by atoms with Crippen LogP contribution in [0.25, 0.3) is 21.3 Å². The summed E-state index contributed by atoms with van der Waals surface area (Å²) in [6.45, 7) is 6.19. The largest absolute Gasteiger partial charge is 0.493 e. The normalized spacial score (nSPS) is 18.1. The van der Waals surface area contributed by atoms with E-state index in [4.69, 9.17) is 19.2 Å². The third-order valence-corrected chi connectivity index (χ3v) is 11.0. The molecule has 1 fully saturated rings. The SMILES string of the molecule is CC[C@@H](C)[C@H](Nc1ccc2c(cc1=O)[C@@H](NC(C)=O)CCc1cc(OC)c(OC)c(OC)c1-2)C(=O)N1CCC[C@@H]1c1nc2ccccc2s1. The van der Waals surface area contributed by atoms with Gasteiger partial charge in [0.2, 0.25) is 23.0 Å². The number of anilines is 1. The number of hydrogen-bond donors (Lipinski definition) is 2. The maximum absolute atomic E-state index is 14.4. The van der Waals surface area contributed by atoms with Crippen LogP contribution in [0.3, 0.4) is 0 Å². The van der Waals surface area contributed by atoms with Gasteiger partial charge in [-0.1, -0.05) is 38.5 Å². The average Bonchev–Trinajstić information content (AvgIpc) is 3.70. The molecule has 2 N–H and O–H groups in total. The standard InChI is InChI=1S/C38H44N4O6S/c1-7-21(2)34(38(45)42-18-10-12-29(42)37-41-28-11-8-9-13-32(28)49-37)40-27-17-15-24-25(20-30(27)44)26(39-22(3)43)16-14-23-19-31(46-4)35(47-5)36(48-6)33(23)24/h8-9,11,13,15,17,19-21,26,29,34H,7,10,12,14,16,18H2,1-6H3,(H,39,43)(H,40,44)/t21-,26+,29-,34+/m1/s1. The summed E-state index contributed by atoms with van der Waals surface area (Å²) in [5, 5.41) is 7.39. The van der Waals surface area contributed by atoms with Crippen LogP contribution in [-0.2, 0) is 16.0 Å². The van der Waals surface area contributed by atoms with Gasteiger partial charge in [0.25, 0.3) is 0 Å². The van der Waals surface area contributed by atoms with E-state index in [0.717, 1.165) is 51.2 Å². The molecule has 1 aromatic heterocycles. The molecule has 0 radical (unpaired) electrons. The predicted molar refractivity (Wildman–Crippen MR) is 193 cm³/mol. The minimum atomic E-state index is -0.632. The fraction of sp³-hybridized carbons (Fsp3) is 0.421. The van der Waals surface area contributed by atoms with Gasteiger partial charge in [-0.05, 0) is 78.6 Å². The van der Waals surface area contributed by atoms with Crippen molar-refractivity contribution in [2.75, 3.05) is 33.2 Å². The van der Waals surface area contributed by atoms with Crippen molar-refractivity contribution in [2.24, 2.45) is 5.92 Å². The summed E-state index contributed by atoms with van der Waals surface area (Å²) in [5.74, 6) is 1.16. The van der Waals surface area contributed by atoms with E-state index in [0.29, 0.717) is 47.9 Å². The lowest BCUT2D eigenvalue weighted by molar-refractivity contribution is -0.134. The molecule has 11 heteroatoms. The van der Waals surface area contributed by atoms with Crippen molar-refractivity contribution >= 4 is 39.1 Å². The second-order valence-corrected chi connectivity index (χ2v) is 13.9. The van der Waals surface area contributed by atoms with E-state index in [-0.39, 0.29) is 29.2 Å². The smallest absolute Gasteiger partial charge is 0.245 e. The van der Waals surface area contributed by atoms with E-state index in [1.165, 1.54) is 6.92 Å². The van der Waals surface area contributed by atoms with Crippen molar-refractivity contribution in [3.63, 3.8) is 0 Å². The van der Waals surface area contributed by atoms with Crippen molar-refractivity contribution in [1.82, 2.24) is 15.2 Å². The van der Waals surface area contributed by atoms with E-state index in [1.807, 2.05) is 42.2 Å². The van der Waals surface area contributed by atoms with Gasteiger partial charge in [0, 0.05) is 19.0 Å². The molecule has 1 aliphatic heterocycles. The molecule has 0 unspecified atom stereocenters. The molecule has 0 saturated carbocycles. The Morgan fingerprint density at radius 3 is 2.51 bits per heavy atom. The fourth-order valence-electron chi connectivity index (χ4n) is 7.18. The first-order chi connectivity index (χ1) is 23.7. The summed E-state index contributed by atoms with van der Waals surface area (Å²) >= 11 is 1.64. The van der Waals surface area contributed by atoms with E-state index < -0.39 is 12.1 Å². The number of fused-ring (bicyclic) bond motifs is 4. The first-order valence-corrected chi connectivity index (χ1v) is 17.7. The lowest BCUT2D eigenvalue weighted by Crippen LogP contribution is -2.46. The van der Waals surface area contributed by atoms with Crippen LogP contribution >= 0.6 is 11.3 Å². The molecule has 4 aromatic rings. The highest BCUT2D eigenvalue weighted by Crippen LogP contribution is 2.50. The Bertz CT molecular complexity index is 1910. The number of carbonyl (C=O) groups is 2. The Hall–Kier alpha value is -4.64. The highest BCUT2D eigenvalue weighted by molar-refractivity contribution is 7.18. The number of ether oxygens (including phenoxy) is 3. The van der Waals surface area contributed by atoms with E-state index >= 15 is 0 Å². The Morgan fingerprint density at radius 2 is 1.82 bits per heavy atom. The van der Waals surface area contributed by atoms with Crippen molar-refractivity contribution in [3.05, 3.63) is 74.9 Å². The Morgan fingerprint density at radius 1 is 1.04 bits per heavy atom. The number of likely N-dealkylation sites (tertiary alicyclic amines) is 1. The molecule has 6 rings (SSSR count). The molecule has 3 aromatic carbocycles. The summed E-state index contributed by atoms with van der Waals surface area (Å²) in [6, 6.07) is 14.0. The van der Waals surface area contributed by atoms with Crippen LogP contribution in [-0.4, -0.2) is 55.6 Å². The molecule has 258 valence electrons. The zero-order chi connectivity index (χ0) is 34.8. The van der Waals surface area contributed by atoms with Crippen molar-refractivity contribution in [3.8, 4) is 28.4 Å². The van der Waals surface area contributed by atoms with Gasteiger partial charge in [0.05, 0.1) is 49.3 Å². The van der Waals surface area contributed by atoms with Crippen LogP contribution in [0.2, 0.25) is 0 Å². The van der Waals surface area contributed by atoms with Gasteiger partial charge in [-0.3, -0.25) is 14.4 Å². The number of para-hydroxylation sites is 1. The average molecular weight is 685 g/mol. The summed E-state index contributed by atoms with van der Waals surface area (Å²) in [6.07, 6.45) is 3.63. The minimum Gasteiger partial charge on any atom is -0.493 e. The Labute approximate surface area is 290 Å². The first kappa shape index (κ1) is 34.2. The molecular weight excluding hydrogens is 641 g/mol.